The molecule has 4 aromatic rings. The van der Waals surface area contributed by atoms with Crippen LogP contribution < -0.4 is 5.19 Å². The quantitative estimate of drug-likeness (QED) is 0.101. The Kier molecular flexibility index (Phi) is 7.57. The molecule has 0 saturated carbocycles. The Morgan fingerprint density at radius 3 is 2.06 bits per heavy atom. The Labute approximate surface area is 205 Å². The molecule has 6 heteroatoms. The SMILES string of the molecule is CC(C)N(C(C)C)P(OCCC#N)OC[Si](C)(C)c1ccc2ccc3cccc4ccc1c2c34. The van der Waals surface area contributed by atoms with E-state index in [2.05, 4.69) is 106 Å². The highest BCUT2D eigenvalue weighted by Crippen LogP contribution is 2.46. The van der Waals surface area contributed by atoms with E-state index in [9.17, 15) is 0 Å². The molecule has 178 valence electrons. The fourth-order valence-corrected chi connectivity index (χ4v) is 9.64. The molecule has 4 rings (SSSR count). The summed E-state index contributed by atoms with van der Waals surface area (Å²) in [7, 11) is -3.21. The van der Waals surface area contributed by atoms with Crippen LogP contribution in [0.15, 0.2) is 54.6 Å². The summed E-state index contributed by atoms with van der Waals surface area (Å²) in [6.07, 6.45) is 1.05. The van der Waals surface area contributed by atoms with Crippen LogP contribution >= 0.6 is 8.53 Å². The summed E-state index contributed by atoms with van der Waals surface area (Å²) >= 11 is 0. The normalized spacial score (nSPS) is 13.6. The van der Waals surface area contributed by atoms with Crippen molar-refractivity contribution in [2.24, 2.45) is 0 Å². The molecule has 0 N–H and O–H groups in total. The van der Waals surface area contributed by atoms with Crippen LogP contribution in [0.3, 0.4) is 0 Å². The van der Waals surface area contributed by atoms with Crippen LogP contribution in [-0.4, -0.2) is 37.7 Å². The van der Waals surface area contributed by atoms with Gasteiger partial charge in [-0.15, -0.1) is 0 Å². The number of nitriles is 1. The second-order valence-electron chi connectivity index (χ2n) is 10.2. The Bertz CT molecular complexity index is 1290. The standard InChI is InChI=1S/C28H35N2O2PSi/c1-20(2)30(21(3)4)33(31-18-8-17-29)32-19-34(5,6)26-16-14-24-12-11-22-9-7-10-23-13-15-25(26)28(24)27(22)23/h7,9-16,20-21H,8,18-19H2,1-6H3. The molecule has 0 aromatic heterocycles. The lowest BCUT2D eigenvalue weighted by molar-refractivity contribution is 0.190. The molecular weight excluding hydrogens is 455 g/mol. The zero-order valence-corrected chi connectivity index (χ0v) is 23.0. The summed E-state index contributed by atoms with van der Waals surface area (Å²) in [6.45, 7) is 13.9. The molecule has 0 spiro atoms. The first-order valence-electron chi connectivity index (χ1n) is 12.1. The molecule has 0 aliphatic rings. The Morgan fingerprint density at radius 2 is 1.44 bits per heavy atom. The van der Waals surface area contributed by atoms with E-state index in [0.717, 1.165) is 0 Å². The zero-order chi connectivity index (χ0) is 24.5. The molecule has 0 bridgehead atoms. The zero-order valence-electron chi connectivity index (χ0n) is 21.1. The van der Waals surface area contributed by atoms with Gasteiger partial charge in [-0.2, -0.15) is 5.26 Å². The minimum absolute atomic E-state index is 0.299. The molecule has 0 aliphatic heterocycles. The molecule has 0 fully saturated rings. The molecule has 4 aromatic carbocycles. The monoisotopic (exact) mass is 490 g/mol. The molecule has 4 nitrogen and oxygen atoms in total. The molecule has 34 heavy (non-hydrogen) atoms. The van der Waals surface area contributed by atoms with Gasteiger partial charge in [-0.3, -0.25) is 0 Å². The van der Waals surface area contributed by atoms with E-state index in [1.165, 1.54) is 37.5 Å². The molecular formula is C28H35N2O2PSi. The molecule has 0 amide bonds. The van der Waals surface area contributed by atoms with E-state index in [-0.39, 0.29) is 0 Å². The Balaban J connectivity index is 1.69. The van der Waals surface area contributed by atoms with Gasteiger partial charge in [0.15, 0.2) is 0 Å². The predicted octanol–water partition coefficient (Wildman–Crippen LogP) is 7.33. The van der Waals surface area contributed by atoms with Gasteiger partial charge in [0.1, 0.15) is 8.07 Å². The molecule has 0 aliphatic carbocycles. The highest BCUT2D eigenvalue weighted by atomic mass is 31.2. The first-order valence-corrected chi connectivity index (χ1v) is 16.5. The number of rotatable bonds is 10. The number of hydrogen-bond acceptors (Lipinski definition) is 4. The van der Waals surface area contributed by atoms with Gasteiger partial charge in [-0.05, 0) is 65.2 Å². The Morgan fingerprint density at radius 1 is 0.853 bits per heavy atom. The van der Waals surface area contributed by atoms with Crippen LogP contribution in [0.4, 0.5) is 0 Å². The van der Waals surface area contributed by atoms with Gasteiger partial charge in [0.05, 0.1) is 25.3 Å². The van der Waals surface area contributed by atoms with Gasteiger partial charge in [0.25, 0.3) is 8.53 Å². The van der Waals surface area contributed by atoms with Crippen molar-refractivity contribution >= 4 is 54.1 Å². The third-order valence-corrected chi connectivity index (χ3v) is 11.5. The van der Waals surface area contributed by atoms with Crippen LogP contribution in [0.5, 0.6) is 0 Å². The van der Waals surface area contributed by atoms with Crippen LogP contribution in [0.1, 0.15) is 34.1 Å². The summed E-state index contributed by atoms with van der Waals surface area (Å²) in [5.74, 6) is 0. The number of benzene rings is 4. The minimum Gasteiger partial charge on any atom is -0.325 e. The van der Waals surface area contributed by atoms with Gasteiger partial charge in [-0.25, -0.2) is 4.67 Å². The predicted molar refractivity (Wildman–Crippen MR) is 148 cm³/mol. The van der Waals surface area contributed by atoms with E-state index >= 15 is 0 Å². The van der Waals surface area contributed by atoms with Crippen molar-refractivity contribution in [1.29, 1.82) is 5.26 Å². The van der Waals surface area contributed by atoms with Crippen LogP contribution in [0.2, 0.25) is 13.1 Å². The van der Waals surface area contributed by atoms with Crippen molar-refractivity contribution < 1.29 is 9.05 Å². The van der Waals surface area contributed by atoms with E-state index in [0.29, 0.717) is 31.3 Å². The summed E-state index contributed by atoms with van der Waals surface area (Å²) in [5, 5.41) is 18.4. The first kappa shape index (κ1) is 25.0. The van der Waals surface area contributed by atoms with Crippen molar-refractivity contribution in [2.75, 3.05) is 12.8 Å². The van der Waals surface area contributed by atoms with Crippen LogP contribution in [-0.2, 0) is 9.05 Å². The lowest BCUT2D eigenvalue weighted by atomic mass is 9.94. The fourth-order valence-electron chi connectivity index (χ4n) is 4.93. The largest absolute Gasteiger partial charge is 0.325 e. The minimum atomic E-state index is -1.97. The fraction of sp³-hybridized carbons (Fsp3) is 0.393. The van der Waals surface area contributed by atoms with Gasteiger partial charge in [-0.1, -0.05) is 67.7 Å². The molecule has 0 saturated heterocycles. The van der Waals surface area contributed by atoms with Crippen LogP contribution in [0.25, 0.3) is 32.3 Å². The van der Waals surface area contributed by atoms with Gasteiger partial charge < -0.3 is 9.05 Å². The van der Waals surface area contributed by atoms with Gasteiger partial charge in [0.2, 0.25) is 0 Å². The van der Waals surface area contributed by atoms with Crippen molar-refractivity contribution in [2.45, 2.75) is 59.3 Å². The van der Waals surface area contributed by atoms with E-state index in [1.807, 2.05) is 0 Å². The number of hydrogen-bond donors (Lipinski definition) is 0. The molecule has 1 atom stereocenters. The highest BCUT2D eigenvalue weighted by Gasteiger charge is 2.32. The highest BCUT2D eigenvalue weighted by molar-refractivity contribution is 7.44. The van der Waals surface area contributed by atoms with Crippen molar-refractivity contribution in [3.8, 4) is 6.07 Å². The summed E-state index contributed by atoms with van der Waals surface area (Å²) in [4.78, 5) is 0. The lowest BCUT2D eigenvalue weighted by Gasteiger charge is -2.37. The van der Waals surface area contributed by atoms with E-state index < -0.39 is 16.6 Å². The first-order chi connectivity index (χ1) is 16.2. The Hall–Kier alpha value is -2.06. The second-order valence-corrected chi connectivity index (χ2v) is 16.2. The smallest absolute Gasteiger partial charge is 0.258 e. The summed E-state index contributed by atoms with van der Waals surface area (Å²) in [6, 6.07) is 23.0. The van der Waals surface area contributed by atoms with Crippen molar-refractivity contribution in [3.05, 3.63) is 54.6 Å². The van der Waals surface area contributed by atoms with Gasteiger partial charge in [0, 0.05) is 12.1 Å². The van der Waals surface area contributed by atoms with E-state index in [4.69, 9.17) is 14.3 Å². The maximum absolute atomic E-state index is 8.99. The molecule has 1 unspecified atom stereocenters. The summed E-state index contributed by atoms with van der Waals surface area (Å²) < 4.78 is 15.1. The average Bonchev–Trinajstić information content (AvgIpc) is 2.80. The third kappa shape index (κ3) is 4.84. The van der Waals surface area contributed by atoms with Crippen molar-refractivity contribution in [3.63, 3.8) is 0 Å². The third-order valence-electron chi connectivity index (χ3n) is 6.46. The maximum Gasteiger partial charge on any atom is 0.258 e. The van der Waals surface area contributed by atoms with Crippen molar-refractivity contribution in [1.82, 2.24) is 4.67 Å². The van der Waals surface area contributed by atoms with Gasteiger partial charge >= 0.3 is 0 Å². The lowest BCUT2D eigenvalue weighted by Crippen LogP contribution is -2.47. The molecule has 0 heterocycles. The average molecular weight is 491 g/mol. The topological polar surface area (TPSA) is 45.5 Å². The number of nitrogens with zero attached hydrogens (tertiary/aromatic N) is 2. The maximum atomic E-state index is 8.99. The molecule has 0 radical (unpaired) electrons. The second kappa shape index (κ2) is 10.3. The van der Waals surface area contributed by atoms with Crippen LogP contribution in [0, 0.1) is 11.3 Å². The summed E-state index contributed by atoms with van der Waals surface area (Å²) in [5.41, 5.74) is 0. The van der Waals surface area contributed by atoms with E-state index in [1.54, 1.807) is 0 Å².